The summed E-state index contributed by atoms with van der Waals surface area (Å²) in [6.07, 6.45) is -0.464. The van der Waals surface area contributed by atoms with E-state index in [0.29, 0.717) is 6.61 Å². The Balaban J connectivity index is 0.000000890. The van der Waals surface area contributed by atoms with Crippen LogP contribution in [-0.2, 0) is 22.5 Å². The first kappa shape index (κ1) is 25.9. The molecule has 3 aromatic rings. The van der Waals surface area contributed by atoms with Gasteiger partial charge in [0.25, 0.3) is 0 Å². The second-order valence-electron chi connectivity index (χ2n) is 7.02. The molecule has 0 aliphatic carbocycles. The number of hydrogen-bond donors (Lipinski definition) is 3. The molecular weight excluding hydrogens is 441 g/mol. The van der Waals surface area contributed by atoms with Crippen LogP contribution in [0.5, 0.6) is 5.75 Å². The van der Waals surface area contributed by atoms with Crippen molar-refractivity contribution in [3.8, 4) is 5.75 Å². The lowest BCUT2D eigenvalue weighted by atomic mass is 10.1. The topological polar surface area (TPSA) is 105 Å². The van der Waals surface area contributed by atoms with Crippen LogP contribution in [-0.4, -0.2) is 15.9 Å². The molecule has 0 aromatic heterocycles. The number of carbonyl (C=O) groups excluding carboxylic acids is 1. The van der Waals surface area contributed by atoms with Gasteiger partial charge in [0.1, 0.15) is 19.0 Å². The number of rotatable bonds is 7. The van der Waals surface area contributed by atoms with Gasteiger partial charge in [-0.2, -0.15) is 0 Å². The van der Waals surface area contributed by atoms with Crippen molar-refractivity contribution in [3.63, 3.8) is 0 Å². The standard InChI is InChI=1S/C25H25NO3.H3O3P/c1-19(20(2)26-25(27)29-18-22-11-7-4-8-12-22)23-13-15-24(16-14-23)28-17-21-9-5-3-6-10-21;1-4(2)3/h3-16H,17-18H2,1-2H3,(H,26,27);4H,(H2,1,2,3). The van der Waals surface area contributed by atoms with E-state index >= 15 is 0 Å². The van der Waals surface area contributed by atoms with Crippen molar-refractivity contribution < 1.29 is 28.6 Å². The molecule has 0 aliphatic rings. The van der Waals surface area contributed by atoms with Crippen LogP contribution in [0.15, 0.2) is 90.6 Å². The molecule has 3 aromatic carbocycles. The fraction of sp³-hybridized carbons (Fsp3) is 0.160. The number of amides is 1. The molecule has 0 aliphatic heterocycles. The normalized spacial score (nSPS) is 11.1. The molecule has 0 unspecified atom stereocenters. The van der Waals surface area contributed by atoms with E-state index in [4.69, 9.17) is 23.8 Å². The summed E-state index contributed by atoms with van der Waals surface area (Å²) in [5.74, 6) is 0.804. The van der Waals surface area contributed by atoms with Crippen LogP contribution in [0.2, 0.25) is 0 Å². The number of carbonyl (C=O) groups is 1. The fourth-order valence-corrected chi connectivity index (χ4v) is 2.76. The lowest BCUT2D eigenvalue weighted by molar-refractivity contribution is 0.142. The van der Waals surface area contributed by atoms with E-state index in [1.165, 1.54) is 0 Å². The van der Waals surface area contributed by atoms with Crippen molar-refractivity contribution in [3.05, 3.63) is 107 Å². The Morgan fingerprint density at radius 2 is 1.30 bits per heavy atom. The molecule has 0 saturated heterocycles. The zero-order valence-electron chi connectivity index (χ0n) is 18.5. The van der Waals surface area contributed by atoms with Crippen LogP contribution < -0.4 is 10.1 Å². The van der Waals surface area contributed by atoms with Gasteiger partial charge in [-0.05, 0) is 48.2 Å². The lowest BCUT2D eigenvalue weighted by Crippen LogP contribution is -2.23. The maximum absolute atomic E-state index is 12.0. The second-order valence-corrected chi connectivity index (χ2v) is 7.58. The predicted molar refractivity (Wildman–Crippen MR) is 129 cm³/mol. The highest BCUT2D eigenvalue weighted by Crippen LogP contribution is 2.21. The van der Waals surface area contributed by atoms with Crippen LogP contribution >= 0.6 is 8.25 Å². The summed E-state index contributed by atoms with van der Waals surface area (Å²) in [7, 11) is -3.13. The molecule has 0 spiro atoms. The van der Waals surface area contributed by atoms with E-state index in [1.54, 1.807) is 0 Å². The zero-order valence-corrected chi connectivity index (χ0v) is 19.5. The highest BCUT2D eigenvalue weighted by molar-refractivity contribution is 7.30. The number of nitrogens with one attached hydrogen (secondary N) is 1. The summed E-state index contributed by atoms with van der Waals surface area (Å²) in [4.78, 5) is 26.4. The second kappa shape index (κ2) is 13.9. The summed E-state index contributed by atoms with van der Waals surface area (Å²) in [6.45, 7) is 4.60. The maximum Gasteiger partial charge on any atom is 0.411 e. The molecule has 174 valence electrons. The van der Waals surface area contributed by atoms with Gasteiger partial charge in [0.2, 0.25) is 0 Å². The molecule has 33 heavy (non-hydrogen) atoms. The van der Waals surface area contributed by atoms with Gasteiger partial charge < -0.3 is 19.3 Å². The van der Waals surface area contributed by atoms with E-state index < -0.39 is 14.3 Å². The third kappa shape index (κ3) is 10.2. The molecule has 0 atom stereocenters. The molecule has 8 heteroatoms. The largest absolute Gasteiger partial charge is 0.489 e. The molecular formula is C25H28NO6P. The highest BCUT2D eigenvalue weighted by Gasteiger charge is 2.07. The minimum Gasteiger partial charge on any atom is -0.489 e. The van der Waals surface area contributed by atoms with Crippen molar-refractivity contribution in [2.24, 2.45) is 0 Å². The summed E-state index contributed by atoms with van der Waals surface area (Å²) in [5, 5.41) is 2.80. The Hall–Kier alpha value is -3.38. The minimum atomic E-state index is -3.13. The predicted octanol–water partition coefficient (Wildman–Crippen LogP) is 5.30. The monoisotopic (exact) mass is 469 g/mol. The third-order valence-electron chi connectivity index (χ3n) is 4.60. The summed E-state index contributed by atoms with van der Waals surface area (Å²) in [6, 6.07) is 27.5. The molecule has 0 bridgehead atoms. The number of ether oxygens (including phenoxy) is 2. The number of alkyl carbamates (subject to hydrolysis) is 1. The van der Waals surface area contributed by atoms with Crippen LogP contribution in [0.1, 0.15) is 30.5 Å². The van der Waals surface area contributed by atoms with Gasteiger partial charge in [-0.3, -0.25) is 9.88 Å². The Labute approximate surface area is 194 Å². The molecule has 3 rings (SSSR count). The summed E-state index contributed by atoms with van der Waals surface area (Å²) < 4.78 is 19.8. The average Bonchev–Trinajstić information content (AvgIpc) is 2.82. The number of allylic oxidation sites excluding steroid dienone is 2. The van der Waals surface area contributed by atoms with Gasteiger partial charge in [-0.25, -0.2) is 4.79 Å². The van der Waals surface area contributed by atoms with E-state index in [1.807, 2.05) is 98.8 Å². The first-order valence-electron chi connectivity index (χ1n) is 10.2. The van der Waals surface area contributed by atoms with Crippen LogP contribution in [0, 0.1) is 0 Å². The van der Waals surface area contributed by atoms with Crippen LogP contribution in [0.4, 0.5) is 4.79 Å². The van der Waals surface area contributed by atoms with Crippen molar-refractivity contribution in [2.45, 2.75) is 27.1 Å². The van der Waals surface area contributed by atoms with E-state index in [0.717, 1.165) is 33.7 Å². The zero-order chi connectivity index (χ0) is 24.1. The van der Waals surface area contributed by atoms with Crippen molar-refractivity contribution in [2.75, 3.05) is 0 Å². The Bertz CT molecular complexity index is 1050. The molecule has 7 nitrogen and oxygen atoms in total. The van der Waals surface area contributed by atoms with Crippen molar-refractivity contribution >= 4 is 19.9 Å². The van der Waals surface area contributed by atoms with Crippen molar-refractivity contribution in [1.29, 1.82) is 0 Å². The van der Waals surface area contributed by atoms with Gasteiger partial charge >= 0.3 is 14.3 Å². The SMILES string of the molecule is CC(NC(=O)OCc1ccccc1)=C(C)c1ccc(OCc2ccccc2)cc1.O=[PH](O)O. The molecule has 1 amide bonds. The van der Waals surface area contributed by atoms with E-state index in [-0.39, 0.29) is 6.61 Å². The first-order chi connectivity index (χ1) is 15.8. The third-order valence-corrected chi connectivity index (χ3v) is 4.60. The van der Waals surface area contributed by atoms with Crippen molar-refractivity contribution in [1.82, 2.24) is 5.32 Å². The summed E-state index contributed by atoms with van der Waals surface area (Å²) >= 11 is 0. The van der Waals surface area contributed by atoms with Crippen LogP contribution in [0.3, 0.4) is 0 Å². The molecule has 0 saturated carbocycles. The number of benzene rings is 3. The lowest BCUT2D eigenvalue weighted by Gasteiger charge is -2.12. The molecule has 3 N–H and O–H groups in total. The quantitative estimate of drug-likeness (QED) is 0.406. The fourth-order valence-electron chi connectivity index (χ4n) is 2.76. The molecule has 0 radical (unpaired) electrons. The van der Waals surface area contributed by atoms with Gasteiger partial charge in [0.15, 0.2) is 0 Å². The maximum atomic E-state index is 12.0. The number of hydrogen-bond acceptors (Lipinski definition) is 4. The van der Waals surface area contributed by atoms with Crippen LogP contribution in [0.25, 0.3) is 5.57 Å². The molecule has 0 fully saturated rings. The van der Waals surface area contributed by atoms with Gasteiger partial charge in [0.05, 0.1) is 0 Å². The van der Waals surface area contributed by atoms with Gasteiger partial charge in [0, 0.05) is 5.70 Å². The van der Waals surface area contributed by atoms with E-state index in [2.05, 4.69) is 5.32 Å². The average molecular weight is 469 g/mol. The first-order valence-corrected chi connectivity index (χ1v) is 11.5. The Morgan fingerprint density at radius 1 is 0.818 bits per heavy atom. The highest BCUT2D eigenvalue weighted by atomic mass is 31.1. The smallest absolute Gasteiger partial charge is 0.411 e. The van der Waals surface area contributed by atoms with E-state index in [9.17, 15) is 4.79 Å². The van der Waals surface area contributed by atoms with Gasteiger partial charge in [-0.1, -0.05) is 72.8 Å². The molecule has 0 heterocycles. The Morgan fingerprint density at radius 3 is 1.82 bits per heavy atom. The summed E-state index contributed by atoms with van der Waals surface area (Å²) in [5.41, 5.74) is 4.81. The Kier molecular flexibility index (Phi) is 10.9. The minimum absolute atomic E-state index is 0.243. The van der Waals surface area contributed by atoms with Gasteiger partial charge in [-0.15, -0.1) is 0 Å².